The van der Waals surface area contributed by atoms with Gasteiger partial charge in [0.15, 0.2) is 0 Å². The number of rotatable bonds is 7. The van der Waals surface area contributed by atoms with Gasteiger partial charge in [-0.3, -0.25) is 9.59 Å². The van der Waals surface area contributed by atoms with Gasteiger partial charge in [-0.05, 0) is 35.8 Å². The zero-order valence-electron chi connectivity index (χ0n) is 14.7. The van der Waals surface area contributed by atoms with E-state index in [0.717, 1.165) is 23.9 Å². The van der Waals surface area contributed by atoms with Gasteiger partial charge >= 0.3 is 0 Å². The van der Waals surface area contributed by atoms with Crippen LogP contribution in [0.25, 0.3) is 6.08 Å². The van der Waals surface area contributed by atoms with E-state index in [1.807, 2.05) is 30.3 Å². The van der Waals surface area contributed by atoms with E-state index in [-0.39, 0.29) is 18.4 Å². The fourth-order valence-corrected chi connectivity index (χ4v) is 3.92. The second kappa shape index (κ2) is 8.84. The first-order chi connectivity index (χ1) is 12.2. The maximum absolute atomic E-state index is 11.9. The Balaban J connectivity index is 1.29. The zero-order chi connectivity index (χ0) is 17.5. The summed E-state index contributed by atoms with van der Waals surface area (Å²) in [7, 11) is 0. The van der Waals surface area contributed by atoms with Crippen LogP contribution in [-0.4, -0.2) is 24.9 Å². The Labute approximate surface area is 150 Å². The Bertz CT molecular complexity index is 606. The van der Waals surface area contributed by atoms with Crippen molar-refractivity contribution in [2.24, 2.45) is 17.8 Å². The summed E-state index contributed by atoms with van der Waals surface area (Å²) < 4.78 is 0. The van der Waals surface area contributed by atoms with Gasteiger partial charge in [0.2, 0.25) is 11.8 Å². The van der Waals surface area contributed by atoms with Crippen molar-refractivity contribution in [1.29, 1.82) is 0 Å². The van der Waals surface area contributed by atoms with Gasteiger partial charge in [0.25, 0.3) is 0 Å². The molecule has 0 spiro atoms. The third-order valence-electron chi connectivity index (χ3n) is 5.44. The summed E-state index contributed by atoms with van der Waals surface area (Å²) >= 11 is 0. The molecule has 3 rings (SSSR count). The Morgan fingerprint density at radius 2 is 1.80 bits per heavy atom. The molecule has 2 unspecified atom stereocenters. The molecule has 2 N–H and O–H groups in total. The van der Waals surface area contributed by atoms with Crippen molar-refractivity contribution in [3.63, 3.8) is 0 Å². The molecule has 1 aromatic carbocycles. The molecule has 2 amide bonds. The van der Waals surface area contributed by atoms with E-state index in [2.05, 4.69) is 10.6 Å². The average molecular weight is 340 g/mol. The fraction of sp³-hybridized carbons (Fsp3) is 0.524. The molecule has 25 heavy (non-hydrogen) atoms. The van der Waals surface area contributed by atoms with Crippen molar-refractivity contribution in [3.05, 3.63) is 42.0 Å². The predicted molar refractivity (Wildman–Crippen MR) is 99.7 cm³/mol. The van der Waals surface area contributed by atoms with Gasteiger partial charge in [0.05, 0.1) is 6.54 Å². The predicted octanol–water partition coefficient (Wildman–Crippen LogP) is 3.15. The Morgan fingerprint density at radius 1 is 1.04 bits per heavy atom. The van der Waals surface area contributed by atoms with Crippen LogP contribution in [0.2, 0.25) is 0 Å². The molecule has 0 heterocycles. The van der Waals surface area contributed by atoms with E-state index in [0.29, 0.717) is 5.92 Å². The monoisotopic (exact) mass is 340 g/mol. The van der Waals surface area contributed by atoms with E-state index < -0.39 is 0 Å². The first-order valence-electron chi connectivity index (χ1n) is 9.50. The molecule has 2 saturated carbocycles. The highest BCUT2D eigenvalue weighted by Crippen LogP contribution is 2.48. The van der Waals surface area contributed by atoms with Crippen LogP contribution < -0.4 is 10.6 Å². The first-order valence-corrected chi connectivity index (χ1v) is 9.50. The second-order valence-corrected chi connectivity index (χ2v) is 7.32. The lowest BCUT2D eigenvalue weighted by atomic mass is 9.85. The highest BCUT2D eigenvalue weighted by molar-refractivity contribution is 5.94. The molecule has 1 aromatic rings. The minimum absolute atomic E-state index is 0.0405. The van der Waals surface area contributed by atoms with Crippen LogP contribution >= 0.6 is 0 Å². The van der Waals surface area contributed by atoms with E-state index >= 15 is 0 Å². The standard InChI is InChI=1S/C21H28N2O2/c24-20(12-11-16-7-3-1-4-8-16)23-15-21(25)22-14-18-13-19(18)17-9-5-2-6-10-17/h1,3-4,7-8,11-12,17-19H,2,5-6,9-10,13-15H2,(H,22,25)(H,23,24). The van der Waals surface area contributed by atoms with E-state index in [1.54, 1.807) is 6.08 Å². The SMILES string of the molecule is O=C(C=Cc1ccccc1)NCC(=O)NCC1CC1C1CCCCC1. The second-order valence-electron chi connectivity index (χ2n) is 7.32. The third-order valence-corrected chi connectivity index (χ3v) is 5.44. The van der Waals surface area contributed by atoms with Gasteiger partial charge < -0.3 is 10.6 Å². The lowest BCUT2D eigenvalue weighted by Gasteiger charge is -2.21. The van der Waals surface area contributed by atoms with Crippen LogP contribution in [0, 0.1) is 17.8 Å². The highest BCUT2D eigenvalue weighted by Gasteiger charge is 2.42. The van der Waals surface area contributed by atoms with E-state index in [4.69, 9.17) is 0 Å². The lowest BCUT2D eigenvalue weighted by Crippen LogP contribution is -2.37. The van der Waals surface area contributed by atoms with Crippen LogP contribution in [0.15, 0.2) is 36.4 Å². The molecule has 0 aliphatic heterocycles. The number of carbonyl (C=O) groups excluding carboxylic acids is 2. The Morgan fingerprint density at radius 3 is 2.56 bits per heavy atom. The van der Waals surface area contributed by atoms with Crippen molar-refractivity contribution in [3.8, 4) is 0 Å². The highest BCUT2D eigenvalue weighted by atomic mass is 16.2. The molecule has 4 nitrogen and oxygen atoms in total. The Hall–Kier alpha value is -2.10. The first kappa shape index (κ1) is 17.7. The molecular weight excluding hydrogens is 312 g/mol. The van der Waals surface area contributed by atoms with Crippen molar-refractivity contribution in [1.82, 2.24) is 10.6 Å². The molecular formula is C21H28N2O2. The molecule has 2 fully saturated rings. The summed E-state index contributed by atoms with van der Waals surface area (Å²) in [6.45, 7) is 0.800. The fourth-order valence-electron chi connectivity index (χ4n) is 3.92. The number of benzene rings is 1. The summed E-state index contributed by atoms with van der Waals surface area (Å²) in [5.41, 5.74) is 0.963. The van der Waals surface area contributed by atoms with Gasteiger partial charge in [0, 0.05) is 12.6 Å². The minimum atomic E-state index is -0.245. The molecule has 2 aliphatic rings. The molecule has 0 bridgehead atoms. The maximum atomic E-state index is 11.9. The summed E-state index contributed by atoms with van der Waals surface area (Å²) in [4.78, 5) is 23.6. The summed E-state index contributed by atoms with van der Waals surface area (Å²) in [6, 6.07) is 9.62. The van der Waals surface area contributed by atoms with Gasteiger partial charge in [-0.2, -0.15) is 0 Å². The summed E-state index contributed by atoms with van der Waals surface area (Å²) in [5, 5.41) is 5.60. The maximum Gasteiger partial charge on any atom is 0.244 e. The van der Waals surface area contributed by atoms with Crippen LogP contribution in [0.1, 0.15) is 44.1 Å². The normalized spacial score (nSPS) is 23.4. The molecule has 0 saturated heterocycles. The topological polar surface area (TPSA) is 58.2 Å². The largest absolute Gasteiger partial charge is 0.354 e. The summed E-state index contributed by atoms with van der Waals surface area (Å²) in [5.74, 6) is 2.02. The molecule has 4 heteroatoms. The van der Waals surface area contributed by atoms with E-state index in [1.165, 1.54) is 44.6 Å². The number of hydrogen-bond donors (Lipinski definition) is 2. The molecule has 2 aliphatic carbocycles. The molecule has 2 atom stereocenters. The van der Waals surface area contributed by atoms with Gasteiger partial charge in [-0.15, -0.1) is 0 Å². The average Bonchev–Trinajstić information content (AvgIpc) is 3.44. The van der Waals surface area contributed by atoms with Crippen molar-refractivity contribution in [2.45, 2.75) is 38.5 Å². The van der Waals surface area contributed by atoms with Crippen LogP contribution in [0.5, 0.6) is 0 Å². The van der Waals surface area contributed by atoms with Crippen LogP contribution in [0.3, 0.4) is 0 Å². The van der Waals surface area contributed by atoms with Gasteiger partial charge in [0.1, 0.15) is 0 Å². The number of hydrogen-bond acceptors (Lipinski definition) is 2. The molecule has 134 valence electrons. The zero-order valence-corrected chi connectivity index (χ0v) is 14.7. The number of nitrogens with one attached hydrogen (secondary N) is 2. The van der Waals surface area contributed by atoms with Crippen molar-refractivity contribution < 1.29 is 9.59 Å². The number of carbonyl (C=O) groups is 2. The van der Waals surface area contributed by atoms with Gasteiger partial charge in [-0.1, -0.05) is 62.4 Å². The minimum Gasteiger partial charge on any atom is -0.354 e. The molecule has 0 aromatic heterocycles. The van der Waals surface area contributed by atoms with Crippen LogP contribution in [-0.2, 0) is 9.59 Å². The third kappa shape index (κ3) is 5.73. The van der Waals surface area contributed by atoms with E-state index in [9.17, 15) is 9.59 Å². The van der Waals surface area contributed by atoms with Crippen LogP contribution in [0.4, 0.5) is 0 Å². The summed E-state index contributed by atoms with van der Waals surface area (Å²) in [6.07, 6.45) is 11.4. The number of amides is 2. The quantitative estimate of drug-likeness (QED) is 0.749. The van der Waals surface area contributed by atoms with Gasteiger partial charge in [-0.25, -0.2) is 0 Å². The van der Waals surface area contributed by atoms with Crippen molar-refractivity contribution >= 4 is 17.9 Å². The Kier molecular flexibility index (Phi) is 6.26. The smallest absolute Gasteiger partial charge is 0.244 e. The van der Waals surface area contributed by atoms with Crippen molar-refractivity contribution in [2.75, 3.05) is 13.1 Å². The molecule has 0 radical (unpaired) electrons. The lowest BCUT2D eigenvalue weighted by molar-refractivity contribution is -0.124.